The second-order valence-electron chi connectivity index (χ2n) is 5.07. The molecule has 6 nitrogen and oxygen atoms in total. The summed E-state index contributed by atoms with van der Waals surface area (Å²) in [4.78, 5) is 8.78. The van der Waals surface area contributed by atoms with Crippen molar-refractivity contribution in [2.24, 2.45) is 0 Å². The van der Waals surface area contributed by atoms with E-state index in [1.165, 1.54) is 13.2 Å². The maximum atomic E-state index is 14.2. The van der Waals surface area contributed by atoms with Gasteiger partial charge in [-0.05, 0) is 41.1 Å². The summed E-state index contributed by atoms with van der Waals surface area (Å²) in [5.74, 6) is 0.231. The second-order valence-corrected chi connectivity index (χ2v) is 6.09. The minimum Gasteiger partial charge on any atom is -0.496 e. The Balaban J connectivity index is 2.05. The Kier molecular flexibility index (Phi) is 5.24. The first-order valence-corrected chi connectivity index (χ1v) is 8.53. The Labute approximate surface area is 152 Å². The summed E-state index contributed by atoms with van der Waals surface area (Å²) >= 11 is 2.10. The van der Waals surface area contributed by atoms with Crippen molar-refractivity contribution in [2.45, 2.75) is 20.1 Å². The lowest BCUT2D eigenvalue weighted by Gasteiger charge is -2.08. The van der Waals surface area contributed by atoms with E-state index in [9.17, 15) is 4.39 Å². The first-order chi connectivity index (χ1) is 11.7. The number of nitrogens with zero attached hydrogens (tertiary/aromatic N) is 4. The van der Waals surface area contributed by atoms with Crippen molar-refractivity contribution in [1.29, 1.82) is 0 Å². The van der Waals surface area contributed by atoms with Crippen LogP contribution in [-0.2, 0) is 11.5 Å². The smallest absolute Gasteiger partial charge is 0.166 e. The van der Waals surface area contributed by atoms with Gasteiger partial charge >= 0.3 is 0 Å². The van der Waals surface area contributed by atoms with E-state index in [1.807, 2.05) is 6.92 Å². The van der Waals surface area contributed by atoms with E-state index in [4.69, 9.17) is 9.47 Å². The predicted molar refractivity (Wildman–Crippen MR) is 96.2 cm³/mol. The van der Waals surface area contributed by atoms with Crippen molar-refractivity contribution in [2.75, 3.05) is 13.7 Å². The van der Waals surface area contributed by atoms with Crippen LogP contribution in [0.1, 0.15) is 13.3 Å². The van der Waals surface area contributed by atoms with Gasteiger partial charge in [-0.25, -0.2) is 19.0 Å². The van der Waals surface area contributed by atoms with E-state index in [1.54, 1.807) is 23.0 Å². The Morgan fingerprint density at radius 1 is 1.33 bits per heavy atom. The van der Waals surface area contributed by atoms with E-state index in [0.29, 0.717) is 28.3 Å². The highest BCUT2D eigenvalue weighted by atomic mass is 127. The minimum atomic E-state index is -0.428. The van der Waals surface area contributed by atoms with Crippen LogP contribution in [-0.4, -0.2) is 33.5 Å². The lowest BCUT2D eigenvalue weighted by atomic mass is 10.1. The maximum absolute atomic E-state index is 14.2. The number of halogens is 2. The third-order valence-corrected chi connectivity index (χ3v) is 4.16. The van der Waals surface area contributed by atoms with Gasteiger partial charge in [0.2, 0.25) is 0 Å². The number of rotatable bonds is 6. The molecular weight excluding hydrogens is 426 g/mol. The van der Waals surface area contributed by atoms with Crippen molar-refractivity contribution >= 4 is 33.6 Å². The fourth-order valence-electron chi connectivity index (χ4n) is 2.33. The van der Waals surface area contributed by atoms with Gasteiger partial charge in [-0.1, -0.05) is 13.0 Å². The van der Waals surface area contributed by atoms with Crippen LogP contribution in [0.25, 0.3) is 22.4 Å². The molecule has 0 fully saturated rings. The van der Waals surface area contributed by atoms with Gasteiger partial charge in [0.1, 0.15) is 33.0 Å². The van der Waals surface area contributed by atoms with E-state index < -0.39 is 5.82 Å². The van der Waals surface area contributed by atoms with Gasteiger partial charge in [0.25, 0.3) is 0 Å². The average molecular weight is 442 g/mol. The molecule has 2 aromatic heterocycles. The molecule has 0 aliphatic rings. The molecule has 24 heavy (non-hydrogen) atoms. The van der Waals surface area contributed by atoms with Gasteiger partial charge in [-0.15, -0.1) is 0 Å². The summed E-state index contributed by atoms with van der Waals surface area (Å²) in [6.45, 7) is 3.03. The molecule has 0 unspecified atom stereocenters. The van der Waals surface area contributed by atoms with Crippen molar-refractivity contribution in [3.63, 3.8) is 0 Å². The van der Waals surface area contributed by atoms with Gasteiger partial charge in [0.05, 0.1) is 18.9 Å². The largest absolute Gasteiger partial charge is 0.496 e. The number of fused-ring (bicyclic) bond motifs is 1. The molecule has 0 spiro atoms. The number of hydrogen-bond acceptors (Lipinski definition) is 5. The zero-order valence-electron chi connectivity index (χ0n) is 13.3. The summed E-state index contributed by atoms with van der Waals surface area (Å²) in [5.41, 5.74) is 1.65. The molecule has 126 valence electrons. The van der Waals surface area contributed by atoms with Crippen LogP contribution in [0.5, 0.6) is 5.75 Å². The highest BCUT2D eigenvalue weighted by molar-refractivity contribution is 14.1. The zero-order valence-corrected chi connectivity index (χ0v) is 15.4. The Morgan fingerprint density at radius 2 is 2.17 bits per heavy atom. The lowest BCUT2D eigenvalue weighted by Crippen LogP contribution is -2.05. The monoisotopic (exact) mass is 442 g/mol. The van der Waals surface area contributed by atoms with Crippen LogP contribution in [0.4, 0.5) is 4.39 Å². The van der Waals surface area contributed by atoms with Crippen molar-refractivity contribution in [3.8, 4) is 17.1 Å². The third kappa shape index (κ3) is 3.20. The van der Waals surface area contributed by atoms with Gasteiger partial charge in [0.15, 0.2) is 5.82 Å². The third-order valence-electron chi connectivity index (χ3n) is 3.43. The quantitative estimate of drug-likeness (QED) is 0.431. The molecule has 0 amide bonds. The molecule has 8 heteroatoms. The van der Waals surface area contributed by atoms with E-state index in [0.717, 1.165) is 11.9 Å². The molecule has 0 saturated carbocycles. The van der Waals surface area contributed by atoms with Crippen LogP contribution in [0, 0.1) is 9.52 Å². The van der Waals surface area contributed by atoms with Crippen molar-refractivity contribution in [1.82, 2.24) is 19.7 Å². The van der Waals surface area contributed by atoms with Crippen LogP contribution in [0.15, 0.2) is 24.4 Å². The van der Waals surface area contributed by atoms with E-state index in [2.05, 4.69) is 37.7 Å². The van der Waals surface area contributed by atoms with Gasteiger partial charge in [0, 0.05) is 6.61 Å². The van der Waals surface area contributed by atoms with Crippen molar-refractivity contribution in [3.05, 3.63) is 33.9 Å². The minimum absolute atomic E-state index is 0.243. The molecule has 3 aromatic rings. The predicted octanol–water partition coefficient (Wildman–Crippen LogP) is 3.63. The molecule has 0 N–H and O–H groups in total. The molecule has 0 radical (unpaired) electrons. The molecular formula is C16H16FIN4O2. The zero-order chi connectivity index (χ0) is 17.1. The molecule has 3 rings (SSSR count). The average Bonchev–Trinajstić information content (AvgIpc) is 2.90. The number of ether oxygens (including phenoxy) is 2. The fraction of sp³-hybridized carbons (Fsp3) is 0.312. The molecule has 2 heterocycles. The van der Waals surface area contributed by atoms with Crippen molar-refractivity contribution < 1.29 is 13.9 Å². The van der Waals surface area contributed by atoms with Crippen LogP contribution < -0.4 is 4.74 Å². The van der Waals surface area contributed by atoms with E-state index in [-0.39, 0.29) is 11.4 Å². The van der Waals surface area contributed by atoms with Gasteiger partial charge < -0.3 is 9.47 Å². The number of methoxy groups -OCH3 is 1. The van der Waals surface area contributed by atoms with Crippen LogP contribution in [0.3, 0.4) is 0 Å². The van der Waals surface area contributed by atoms with Crippen LogP contribution >= 0.6 is 22.6 Å². The number of hydrogen-bond donors (Lipinski definition) is 0. The normalized spacial score (nSPS) is 11.2. The summed E-state index contributed by atoms with van der Waals surface area (Å²) in [6, 6.07) is 4.63. The number of aromatic nitrogens is 4. The highest BCUT2D eigenvalue weighted by Gasteiger charge is 2.18. The summed E-state index contributed by atoms with van der Waals surface area (Å²) in [7, 11) is 1.49. The fourth-order valence-corrected chi connectivity index (χ4v) is 2.99. The Hall–Kier alpha value is -1.81. The molecule has 0 bridgehead atoms. The topological polar surface area (TPSA) is 62.1 Å². The molecule has 0 saturated heterocycles. The lowest BCUT2D eigenvalue weighted by molar-refractivity contribution is 0.0720. The summed E-state index contributed by atoms with van der Waals surface area (Å²) in [6.07, 6.45) is 2.57. The SMILES string of the molecule is CCCOCn1nc(I)c2nc(-c3c(F)cccc3OC)ncc21. The summed E-state index contributed by atoms with van der Waals surface area (Å²) in [5, 5.41) is 4.41. The molecule has 0 atom stereocenters. The molecule has 1 aromatic carbocycles. The molecule has 0 aliphatic heterocycles. The highest BCUT2D eigenvalue weighted by Crippen LogP contribution is 2.31. The molecule has 0 aliphatic carbocycles. The van der Waals surface area contributed by atoms with Gasteiger partial charge in [-0.2, -0.15) is 5.10 Å². The Morgan fingerprint density at radius 3 is 2.92 bits per heavy atom. The first kappa shape index (κ1) is 17.0. The Bertz CT molecular complexity index is 869. The van der Waals surface area contributed by atoms with Gasteiger partial charge in [-0.3, -0.25) is 0 Å². The maximum Gasteiger partial charge on any atom is 0.166 e. The van der Waals surface area contributed by atoms with Crippen LogP contribution in [0.2, 0.25) is 0 Å². The van der Waals surface area contributed by atoms with E-state index >= 15 is 0 Å². The first-order valence-electron chi connectivity index (χ1n) is 7.45. The second kappa shape index (κ2) is 7.39. The number of benzene rings is 1. The summed E-state index contributed by atoms with van der Waals surface area (Å²) < 4.78 is 27.4. The standard InChI is InChI=1S/C16H16FIN4O2/c1-3-7-24-9-22-11-8-19-16(20-14(11)15(18)21-22)13-10(17)5-4-6-12(13)23-2/h4-6,8H,3,7,9H2,1-2H3.